The highest BCUT2D eigenvalue weighted by atomic mass is 15.2. The molecule has 0 amide bonds. The molecule has 0 N–H and O–H groups in total. The minimum atomic E-state index is 0.843. The maximum absolute atomic E-state index is 5.26. The SMILES string of the molecule is c1ccc(-c2cc(-c3ccccc3)nc(N3c4ccccc4-c4cc(-c5ccccc5)cc5ccnc3c45)c2)cc1. The van der Waals surface area contributed by atoms with E-state index in [9.17, 15) is 0 Å². The van der Waals surface area contributed by atoms with Crippen LogP contribution in [0.15, 0.2) is 152 Å². The van der Waals surface area contributed by atoms with Gasteiger partial charge in [-0.1, -0.05) is 109 Å². The van der Waals surface area contributed by atoms with Crippen molar-refractivity contribution in [3.05, 3.63) is 152 Å². The molecule has 3 heterocycles. The van der Waals surface area contributed by atoms with E-state index in [1.807, 2.05) is 12.3 Å². The first-order valence-electron chi connectivity index (χ1n) is 13.8. The Labute approximate surface area is 239 Å². The van der Waals surface area contributed by atoms with E-state index < -0.39 is 0 Å². The Bertz CT molecular complexity index is 1980. The van der Waals surface area contributed by atoms with Crippen LogP contribution in [0.1, 0.15) is 0 Å². The number of rotatable bonds is 4. The van der Waals surface area contributed by atoms with Crippen molar-refractivity contribution in [3.8, 4) is 44.6 Å². The van der Waals surface area contributed by atoms with Gasteiger partial charge in [0.1, 0.15) is 11.6 Å². The molecule has 0 radical (unpaired) electrons. The molecule has 0 fully saturated rings. The normalized spacial score (nSPS) is 11.9. The van der Waals surface area contributed by atoms with Crippen molar-refractivity contribution in [2.75, 3.05) is 4.90 Å². The Morgan fingerprint density at radius 2 is 1.07 bits per heavy atom. The van der Waals surface area contributed by atoms with E-state index in [4.69, 9.17) is 9.97 Å². The van der Waals surface area contributed by atoms with Gasteiger partial charge in [0.2, 0.25) is 0 Å². The fourth-order valence-corrected chi connectivity index (χ4v) is 5.90. The van der Waals surface area contributed by atoms with Crippen LogP contribution in [0, 0.1) is 0 Å². The third kappa shape index (κ3) is 3.98. The second-order valence-corrected chi connectivity index (χ2v) is 10.3. The molecule has 0 saturated heterocycles. The number of anilines is 3. The van der Waals surface area contributed by atoms with Gasteiger partial charge in [-0.15, -0.1) is 0 Å². The van der Waals surface area contributed by atoms with Crippen molar-refractivity contribution >= 4 is 28.1 Å². The third-order valence-electron chi connectivity index (χ3n) is 7.82. The van der Waals surface area contributed by atoms with Crippen molar-refractivity contribution in [2.45, 2.75) is 0 Å². The van der Waals surface area contributed by atoms with Crippen LogP contribution < -0.4 is 4.90 Å². The molecule has 0 atom stereocenters. The summed E-state index contributed by atoms with van der Waals surface area (Å²) in [6.07, 6.45) is 1.91. The Morgan fingerprint density at radius 3 is 1.78 bits per heavy atom. The lowest BCUT2D eigenvalue weighted by Gasteiger charge is -2.32. The van der Waals surface area contributed by atoms with Crippen molar-refractivity contribution in [2.24, 2.45) is 0 Å². The number of benzene rings is 5. The standard InChI is InChI=1S/C38H25N3/c1-4-12-26(13-5-1)30-22-29-20-21-39-38-37(29)33(23-30)32-18-10-11-19-35(32)41(38)36-25-31(27-14-6-2-7-15-27)24-34(40-36)28-16-8-3-9-17-28/h1-25H. The summed E-state index contributed by atoms with van der Waals surface area (Å²) in [5.74, 6) is 1.74. The molecule has 3 heteroatoms. The number of hydrogen-bond acceptors (Lipinski definition) is 3. The number of pyridine rings is 2. The maximum atomic E-state index is 5.26. The van der Waals surface area contributed by atoms with Gasteiger partial charge in [-0.05, 0) is 69.6 Å². The highest BCUT2D eigenvalue weighted by molar-refractivity contribution is 6.13. The third-order valence-corrected chi connectivity index (χ3v) is 7.82. The van der Waals surface area contributed by atoms with Crippen molar-refractivity contribution in [3.63, 3.8) is 0 Å². The van der Waals surface area contributed by atoms with Gasteiger partial charge in [0.25, 0.3) is 0 Å². The van der Waals surface area contributed by atoms with Gasteiger partial charge in [-0.25, -0.2) is 9.97 Å². The molecule has 1 aliphatic heterocycles. The summed E-state index contributed by atoms with van der Waals surface area (Å²) in [6.45, 7) is 0. The van der Waals surface area contributed by atoms with E-state index in [-0.39, 0.29) is 0 Å². The van der Waals surface area contributed by atoms with Crippen LogP contribution in [0.4, 0.5) is 17.3 Å². The Morgan fingerprint density at radius 1 is 0.463 bits per heavy atom. The second kappa shape index (κ2) is 9.58. The van der Waals surface area contributed by atoms with Gasteiger partial charge in [0.15, 0.2) is 0 Å². The number of hydrogen-bond donors (Lipinski definition) is 0. The van der Waals surface area contributed by atoms with Crippen LogP contribution in [0.5, 0.6) is 0 Å². The number of para-hydroxylation sites is 1. The molecule has 0 unspecified atom stereocenters. The lowest BCUT2D eigenvalue weighted by molar-refractivity contribution is 1.13. The van der Waals surface area contributed by atoms with Crippen LogP contribution in [0.2, 0.25) is 0 Å². The molecule has 0 aliphatic carbocycles. The molecule has 2 aromatic heterocycles. The molecule has 7 aromatic rings. The molecule has 0 spiro atoms. The van der Waals surface area contributed by atoms with Gasteiger partial charge in [0.05, 0.1) is 11.4 Å². The largest absolute Gasteiger partial charge is 0.278 e. The van der Waals surface area contributed by atoms with Crippen molar-refractivity contribution in [1.29, 1.82) is 0 Å². The Kier molecular flexibility index (Phi) is 5.46. The quantitative estimate of drug-likeness (QED) is 0.230. The van der Waals surface area contributed by atoms with E-state index in [1.54, 1.807) is 0 Å². The van der Waals surface area contributed by atoms with Crippen LogP contribution in [-0.2, 0) is 0 Å². The summed E-state index contributed by atoms with van der Waals surface area (Å²) in [5, 5.41) is 2.30. The van der Waals surface area contributed by atoms with E-state index in [1.165, 1.54) is 22.3 Å². The van der Waals surface area contributed by atoms with Gasteiger partial charge in [0, 0.05) is 22.7 Å². The molecule has 1 aliphatic rings. The minimum Gasteiger partial charge on any atom is -0.278 e. The zero-order chi connectivity index (χ0) is 27.2. The van der Waals surface area contributed by atoms with E-state index in [2.05, 4.69) is 144 Å². The van der Waals surface area contributed by atoms with E-state index >= 15 is 0 Å². The zero-order valence-electron chi connectivity index (χ0n) is 22.3. The van der Waals surface area contributed by atoms with Crippen LogP contribution in [0.25, 0.3) is 55.4 Å². The maximum Gasteiger partial charge on any atom is 0.147 e. The smallest absolute Gasteiger partial charge is 0.147 e. The summed E-state index contributed by atoms with van der Waals surface area (Å²) in [6, 6.07) is 51.1. The van der Waals surface area contributed by atoms with Crippen LogP contribution in [0.3, 0.4) is 0 Å². The highest BCUT2D eigenvalue weighted by Gasteiger charge is 2.29. The highest BCUT2D eigenvalue weighted by Crippen LogP contribution is 2.51. The monoisotopic (exact) mass is 523 g/mol. The number of nitrogens with zero attached hydrogens (tertiary/aromatic N) is 3. The molecule has 8 rings (SSSR count). The lowest BCUT2D eigenvalue weighted by Crippen LogP contribution is -2.18. The lowest BCUT2D eigenvalue weighted by atomic mass is 9.89. The Hall–Kier alpha value is -5.54. The predicted octanol–water partition coefficient (Wildman–Crippen LogP) is 10.1. The van der Waals surface area contributed by atoms with Crippen molar-refractivity contribution < 1.29 is 0 Å². The average Bonchev–Trinajstić information content (AvgIpc) is 3.06. The van der Waals surface area contributed by atoms with Crippen molar-refractivity contribution in [1.82, 2.24) is 9.97 Å². The molecule has 0 bridgehead atoms. The topological polar surface area (TPSA) is 29.0 Å². The number of fused-ring (bicyclic) bond motifs is 2. The summed E-state index contributed by atoms with van der Waals surface area (Å²) in [7, 11) is 0. The van der Waals surface area contributed by atoms with E-state index in [0.717, 1.165) is 50.5 Å². The Balaban J connectivity index is 1.41. The summed E-state index contributed by atoms with van der Waals surface area (Å²) in [5.41, 5.74) is 10.1. The average molecular weight is 524 g/mol. The predicted molar refractivity (Wildman–Crippen MR) is 170 cm³/mol. The van der Waals surface area contributed by atoms with Crippen LogP contribution in [-0.4, -0.2) is 9.97 Å². The molecule has 0 saturated carbocycles. The summed E-state index contributed by atoms with van der Waals surface area (Å²) < 4.78 is 0. The molecule has 192 valence electrons. The molecular weight excluding hydrogens is 498 g/mol. The van der Waals surface area contributed by atoms with Crippen LogP contribution >= 0.6 is 0 Å². The molecule has 3 nitrogen and oxygen atoms in total. The molecular formula is C38H25N3. The first-order valence-corrected chi connectivity index (χ1v) is 13.8. The van der Waals surface area contributed by atoms with Gasteiger partial charge >= 0.3 is 0 Å². The molecule has 5 aromatic carbocycles. The summed E-state index contributed by atoms with van der Waals surface area (Å²) >= 11 is 0. The number of aromatic nitrogens is 2. The minimum absolute atomic E-state index is 0.843. The second-order valence-electron chi connectivity index (χ2n) is 10.3. The molecule has 41 heavy (non-hydrogen) atoms. The van der Waals surface area contributed by atoms with Gasteiger partial charge in [-0.3, -0.25) is 4.90 Å². The zero-order valence-corrected chi connectivity index (χ0v) is 22.3. The van der Waals surface area contributed by atoms with Gasteiger partial charge < -0.3 is 0 Å². The fourth-order valence-electron chi connectivity index (χ4n) is 5.90. The van der Waals surface area contributed by atoms with E-state index in [0.29, 0.717) is 0 Å². The fraction of sp³-hybridized carbons (Fsp3) is 0. The summed E-state index contributed by atoms with van der Waals surface area (Å²) in [4.78, 5) is 12.5. The van der Waals surface area contributed by atoms with Gasteiger partial charge in [-0.2, -0.15) is 0 Å². The first-order chi connectivity index (χ1) is 20.3. The first kappa shape index (κ1) is 23.4.